The van der Waals surface area contributed by atoms with Crippen LogP contribution in [0.1, 0.15) is 6.92 Å². The van der Waals surface area contributed by atoms with Gasteiger partial charge in [-0.3, -0.25) is 4.79 Å². The summed E-state index contributed by atoms with van der Waals surface area (Å²) < 4.78 is 5.53. The lowest BCUT2D eigenvalue weighted by Crippen LogP contribution is -2.48. The number of anilines is 2. The van der Waals surface area contributed by atoms with Crippen LogP contribution < -0.4 is 15.0 Å². The molecular formula is C13H18N2O4. The minimum absolute atomic E-state index is 0.0448. The van der Waals surface area contributed by atoms with E-state index in [0.29, 0.717) is 11.4 Å². The van der Waals surface area contributed by atoms with E-state index in [1.165, 1.54) is 4.90 Å². The summed E-state index contributed by atoms with van der Waals surface area (Å²) in [7, 11) is 1.78. The Kier molecular flexibility index (Phi) is 3.92. The van der Waals surface area contributed by atoms with Crippen molar-refractivity contribution >= 4 is 17.3 Å². The van der Waals surface area contributed by atoms with Gasteiger partial charge in [-0.05, 0) is 25.1 Å². The van der Waals surface area contributed by atoms with Crippen LogP contribution in [0, 0.1) is 0 Å². The van der Waals surface area contributed by atoms with Crippen LogP contribution in [-0.2, 0) is 4.79 Å². The van der Waals surface area contributed by atoms with Gasteiger partial charge in [-0.2, -0.15) is 0 Å². The third-order valence-corrected chi connectivity index (χ3v) is 3.06. The van der Waals surface area contributed by atoms with Crippen molar-refractivity contribution in [2.45, 2.75) is 19.1 Å². The van der Waals surface area contributed by atoms with E-state index in [0.717, 1.165) is 5.69 Å². The van der Waals surface area contributed by atoms with E-state index in [2.05, 4.69) is 5.32 Å². The molecule has 1 amide bonds. The van der Waals surface area contributed by atoms with Gasteiger partial charge in [-0.1, -0.05) is 0 Å². The molecule has 0 fully saturated rings. The Morgan fingerprint density at radius 3 is 2.89 bits per heavy atom. The van der Waals surface area contributed by atoms with E-state index in [1.54, 1.807) is 26.1 Å². The average Bonchev–Trinajstić information content (AvgIpc) is 2.43. The summed E-state index contributed by atoms with van der Waals surface area (Å²) in [6.07, 6.45) is -1.57. The first-order valence-electron chi connectivity index (χ1n) is 6.15. The normalized spacial score (nSPS) is 19.7. The molecule has 1 aliphatic rings. The van der Waals surface area contributed by atoms with Crippen molar-refractivity contribution in [3.05, 3.63) is 18.2 Å². The average molecular weight is 266 g/mol. The molecule has 6 heteroatoms. The van der Waals surface area contributed by atoms with Gasteiger partial charge < -0.3 is 25.2 Å². The molecule has 1 aliphatic heterocycles. The first-order valence-corrected chi connectivity index (χ1v) is 6.15. The van der Waals surface area contributed by atoms with Gasteiger partial charge in [0, 0.05) is 12.7 Å². The number of benzene rings is 1. The lowest BCUT2D eigenvalue weighted by atomic mass is 10.1. The van der Waals surface area contributed by atoms with Gasteiger partial charge in [0.05, 0.1) is 24.9 Å². The SMILES string of the molecule is CNc1ccc2c(c1)N(CC(O)CO)C(=O)C(C)O2. The second kappa shape index (κ2) is 5.46. The maximum absolute atomic E-state index is 12.1. The molecule has 1 heterocycles. The lowest BCUT2D eigenvalue weighted by Gasteiger charge is -2.34. The first-order chi connectivity index (χ1) is 9.06. The van der Waals surface area contributed by atoms with E-state index in [4.69, 9.17) is 9.84 Å². The number of fused-ring (bicyclic) bond motifs is 1. The monoisotopic (exact) mass is 266 g/mol. The summed E-state index contributed by atoms with van der Waals surface area (Å²) in [5.74, 6) is 0.365. The molecule has 0 aromatic heterocycles. The van der Waals surface area contributed by atoms with Crippen LogP contribution in [0.5, 0.6) is 5.75 Å². The zero-order valence-corrected chi connectivity index (χ0v) is 11.0. The van der Waals surface area contributed by atoms with E-state index >= 15 is 0 Å². The maximum atomic E-state index is 12.1. The number of aliphatic hydroxyl groups is 2. The fourth-order valence-electron chi connectivity index (χ4n) is 2.02. The predicted octanol–water partition coefficient (Wildman–Crippen LogP) is 0.195. The van der Waals surface area contributed by atoms with Gasteiger partial charge in [0.2, 0.25) is 0 Å². The molecule has 2 unspecified atom stereocenters. The Morgan fingerprint density at radius 2 is 2.26 bits per heavy atom. The minimum Gasteiger partial charge on any atom is -0.479 e. The number of nitrogens with zero attached hydrogens (tertiary/aromatic N) is 1. The topological polar surface area (TPSA) is 82.0 Å². The fourth-order valence-corrected chi connectivity index (χ4v) is 2.02. The van der Waals surface area contributed by atoms with E-state index in [9.17, 15) is 9.90 Å². The largest absolute Gasteiger partial charge is 0.479 e. The maximum Gasteiger partial charge on any atom is 0.267 e. The molecule has 0 aliphatic carbocycles. The molecule has 0 bridgehead atoms. The summed E-state index contributed by atoms with van der Waals surface area (Å²) in [4.78, 5) is 13.6. The summed E-state index contributed by atoms with van der Waals surface area (Å²) in [5.41, 5.74) is 1.44. The molecule has 0 spiro atoms. The lowest BCUT2D eigenvalue weighted by molar-refractivity contribution is -0.126. The van der Waals surface area contributed by atoms with Crippen molar-refractivity contribution in [1.29, 1.82) is 0 Å². The number of rotatable bonds is 4. The third-order valence-electron chi connectivity index (χ3n) is 3.06. The number of aliphatic hydroxyl groups excluding tert-OH is 2. The molecule has 2 atom stereocenters. The second-order valence-electron chi connectivity index (χ2n) is 4.48. The third kappa shape index (κ3) is 2.64. The van der Waals surface area contributed by atoms with Crippen LogP contribution in [0.4, 0.5) is 11.4 Å². The van der Waals surface area contributed by atoms with Crippen LogP contribution >= 0.6 is 0 Å². The summed E-state index contributed by atoms with van der Waals surface area (Å²) in [5, 5.41) is 21.5. The smallest absolute Gasteiger partial charge is 0.267 e. The molecule has 19 heavy (non-hydrogen) atoms. The molecule has 0 radical (unpaired) electrons. The van der Waals surface area contributed by atoms with Gasteiger partial charge in [-0.15, -0.1) is 0 Å². The molecule has 1 aromatic carbocycles. The van der Waals surface area contributed by atoms with Gasteiger partial charge >= 0.3 is 0 Å². The van der Waals surface area contributed by atoms with Crippen molar-refractivity contribution in [3.63, 3.8) is 0 Å². The van der Waals surface area contributed by atoms with Crippen molar-refractivity contribution in [2.24, 2.45) is 0 Å². The summed E-state index contributed by atoms with van der Waals surface area (Å²) in [6.45, 7) is 1.32. The number of ether oxygens (including phenoxy) is 1. The second-order valence-corrected chi connectivity index (χ2v) is 4.48. The fraction of sp³-hybridized carbons (Fsp3) is 0.462. The molecule has 3 N–H and O–H groups in total. The van der Waals surface area contributed by atoms with Gasteiger partial charge in [0.25, 0.3) is 5.91 Å². The molecule has 1 aromatic rings. The van der Waals surface area contributed by atoms with Crippen molar-refractivity contribution < 1.29 is 19.7 Å². The first kappa shape index (κ1) is 13.6. The number of amides is 1. The highest BCUT2D eigenvalue weighted by atomic mass is 16.5. The van der Waals surface area contributed by atoms with E-state index in [-0.39, 0.29) is 19.1 Å². The van der Waals surface area contributed by atoms with Gasteiger partial charge in [-0.25, -0.2) is 0 Å². The number of hydrogen-bond acceptors (Lipinski definition) is 5. The predicted molar refractivity (Wildman–Crippen MR) is 71.5 cm³/mol. The molecule has 104 valence electrons. The Balaban J connectivity index is 2.38. The van der Waals surface area contributed by atoms with Crippen LogP contribution in [0.15, 0.2) is 18.2 Å². The Bertz CT molecular complexity index is 478. The van der Waals surface area contributed by atoms with E-state index in [1.807, 2.05) is 6.07 Å². The zero-order valence-electron chi connectivity index (χ0n) is 11.0. The van der Waals surface area contributed by atoms with Crippen molar-refractivity contribution in [3.8, 4) is 5.75 Å². The Hall–Kier alpha value is -1.79. The Labute approximate surface area is 111 Å². The number of hydrogen-bond donors (Lipinski definition) is 3. The summed E-state index contributed by atoms with van der Waals surface area (Å²) >= 11 is 0. The van der Waals surface area contributed by atoms with Crippen LogP contribution in [0.2, 0.25) is 0 Å². The molecule has 2 rings (SSSR count). The van der Waals surface area contributed by atoms with E-state index < -0.39 is 12.2 Å². The number of carbonyl (C=O) groups excluding carboxylic acids is 1. The number of nitrogens with one attached hydrogen (secondary N) is 1. The highest BCUT2D eigenvalue weighted by Crippen LogP contribution is 2.36. The molecule has 0 saturated carbocycles. The Morgan fingerprint density at radius 1 is 1.53 bits per heavy atom. The quantitative estimate of drug-likeness (QED) is 0.725. The highest BCUT2D eigenvalue weighted by Gasteiger charge is 2.32. The van der Waals surface area contributed by atoms with Gasteiger partial charge in [0.15, 0.2) is 6.10 Å². The van der Waals surface area contributed by atoms with Crippen molar-refractivity contribution in [2.75, 3.05) is 30.4 Å². The van der Waals surface area contributed by atoms with Crippen LogP contribution in [-0.4, -0.2) is 48.5 Å². The highest BCUT2D eigenvalue weighted by molar-refractivity contribution is 6.00. The number of β-amino-alcohol motifs (C(OH)–C–C–N with tert-alkyl or cyclic N) is 1. The minimum atomic E-state index is -0.972. The number of carbonyl (C=O) groups is 1. The van der Waals surface area contributed by atoms with Crippen LogP contribution in [0.25, 0.3) is 0 Å². The summed E-state index contributed by atoms with van der Waals surface area (Å²) in [6, 6.07) is 5.41. The standard InChI is InChI=1S/C13H18N2O4/c1-8-13(18)15(6-10(17)7-16)11-5-9(14-2)3-4-12(11)19-8/h3-5,8,10,14,16-17H,6-7H2,1-2H3. The van der Waals surface area contributed by atoms with Gasteiger partial charge in [0.1, 0.15) is 5.75 Å². The van der Waals surface area contributed by atoms with Crippen molar-refractivity contribution in [1.82, 2.24) is 0 Å². The molecule has 0 saturated heterocycles. The zero-order chi connectivity index (χ0) is 14.0. The molecule has 6 nitrogen and oxygen atoms in total. The van der Waals surface area contributed by atoms with Crippen LogP contribution in [0.3, 0.4) is 0 Å². The molecular weight excluding hydrogens is 248 g/mol.